The molecular weight excluding hydrogens is 584 g/mol. The Labute approximate surface area is 261 Å². The number of hydrogen-bond acceptors (Lipinski definition) is 5. The fourth-order valence-electron chi connectivity index (χ4n) is 5.36. The fraction of sp³-hybridized carbons (Fsp3) is 0.306. The molecule has 0 bridgehead atoms. The Bertz CT molecular complexity index is 1670. The van der Waals surface area contributed by atoms with Crippen LogP contribution in [-0.2, 0) is 12.8 Å². The minimum absolute atomic E-state index is 0.106. The van der Waals surface area contributed by atoms with Crippen LogP contribution in [0, 0.1) is 28.8 Å². The number of nitrogens with two attached hydrogens (primary N) is 1. The van der Waals surface area contributed by atoms with Gasteiger partial charge in [0, 0.05) is 34.8 Å². The first-order valence-corrected chi connectivity index (χ1v) is 14.9. The molecule has 3 aromatic carbocycles. The fourth-order valence-corrected chi connectivity index (χ4v) is 5.36. The molecule has 5 nitrogen and oxygen atoms in total. The van der Waals surface area contributed by atoms with Gasteiger partial charge in [-0.25, -0.2) is 17.6 Å². The van der Waals surface area contributed by atoms with E-state index in [1.807, 2.05) is 19.9 Å². The summed E-state index contributed by atoms with van der Waals surface area (Å²) in [6.07, 6.45) is 7.75. The second-order valence-electron chi connectivity index (χ2n) is 10.7. The van der Waals surface area contributed by atoms with E-state index in [1.54, 1.807) is 18.2 Å². The molecule has 1 aliphatic carbocycles. The van der Waals surface area contributed by atoms with E-state index in [0.717, 1.165) is 36.8 Å². The topological polar surface area (TPSA) is 77.5 Å². The SMILES string of the molecule is CC(C)Oc1cc(F)ccc1-c1cc(F)cc2c1OCCC2.CN.N#CC1=C(c2cc(F)cc3c2OCCC3)C=CCC(F)=C1. The maximum atomic E-state index is 13.9. The van der Waals surface area contributed by atoms with Crippen molar-refractivity contribution < 1.29 is 31.8 Å². The molecule has 0 unspecified atom stereocenters. The number of ether oxygens (including phenoxy) is 3. The van der Waals surface area contributed by atoms with E-state index in [0.29, 0.717) is 52.7 Å². The third kappa shape index (κ3) is 8.14. The van der Waals surface area contributed by atoms with Crippen LogP contribution in [0.4, 0.5) is 17.6 Å². The number of nitriles is 1. The van der Waals surface area contributed by atoms with Crippen LogP contribution in [0.25, 0.3) is 16.7 Å². The summed E-state index contributed by atoms with van der Waals surface area (Å²) in [5.41, 5.74) is 8.61. The second-order valence-corrected chi connectivity index (χ2v) is 10.7. The van der Waals surface area contributed by atoms with Crippen LogP contribution >= 0.6 is 0 Å². The highest BCUT2D eigenvalue weighted by Gasteiger charge is 2.22. The molecule has 0 fully saturated rings. The van der Waals surface area contributed by atoms with Crippen LogP contribution in [0.1, 0.15) is 49.8 Å². The first-order valence-electron chi connectivity index (χ1n) is 14.9. The van der Waals surface area contributed by atoms with Gasteiger partial charge < -0.3 is 19.9 Å². The molecule has 0 radical (unpaired) electrons. The molecule has 0 spiro atoms. The van der Waals surface area contributed by atoms with Gasteiger partial charge in [-0.05, 0) is 100 Å². The van der Waals surface area contributed by atoms with Crippen LogP contribution in [-0.4, -0.2) is 26.4 Å². The number of halogens is 4. The Kier molecular flexibility index (Phi) is 11.4. The van der Waals surface area contributed by atoms with Crippen molar-refractivity contribution in [3.05, 3.63) is 106 Å². The summed E-state index contributed by atoms with van der Waals surface area (Å²) < 4.78 is 71.9. The minimum Gasteiger partial charge on any atom is -0.493 e. The molecule has 2 heterocycles. The predicted octanol–water partition coefficient (Wildman–Crippen LogP) is 8.56. The number of allylic oxidation sites excluding steroid dienone is 6. The highest BCUT2D eigenvalue weighted by atomic mass is 19.1. The zero-order valence-corrected chi connectivity index (χ0v) is 25.6. The Morgan fingerprint density at radius 2 is 1.40 bits per heavy atom. The lowest BCUT2D eigenvalue weighted by molar-refractivity contribution is 0.242. The summed E-state index contributed by atoms with van der Waals surface area (Å²) in [7, 11) is 1.50. The van der Waals surface area contributed by atoms with E-state index in [1.165, 1.54) is 49.5 Å². The number of fused-ring (bicyclic) bond motifs is 2. The van der Waals surface area contributed by atoms with Crippen molar-refractivity contribution in [3.63, 3.8) is 0 Å². The molecule has 0 atom stereocenters. The third-order valence-corrected chi connectivity index (χ3v) is 7.13. The molecule has 0 amide bonds. The number of aryl methyl sites for hydroxylation is 2. The van der Waals surface area contributed by atoms with E-state index in [4.69, 9.17) is 14.2 Å². The zero-order chi connectivity index (χ0) is 32.5. The summed E-state index contributed by atoms with van der Waals surface area (Å²) in [5, 5.41) is 9.25. The van der Waals surface area contributed by atoms with Crippen LogP contribution < -0.4 is 19.9 Å². The summed E-state index contributed by atoms with van der Waals surface area (Å²) in [4.78, 5) is 0. The number of benzene rings is 3. The molecular formula is C36H36F4N2O3. The summed E-state index contributed by atoms with van der Waals surface area (Å²) >= 11 is 0. The van der Waals surface area contributed by atoms with Crippen molar-refractivity contribution in [1.82, 2.24) is 0 Å². The van der Waals surface area contributed by atoms with Crippen molar-refractivity contribution >= 4 is 5.57 Å². The van der Waals surface area contributed by atoms with Gasteiger partial charge in [0.2, 0.25) is 0 Å². The maximum absolute atomic E-state index is 13.9. The highest BCUT2D eigenvalue weighted by Crippen LogP contribution is 2.42. The maximum Gasteiger partial charge on any atom is 0.130 e. The number of nitrogens with zero attached hydrogens (tertiary/aromatic N) is 1. The Morgan fingerprint density at radius 3 is 2.00 bits per heavy atom. The molecule has 9 heteroatoms. The Hall–Kier alpha value is -4.55. The van der Waals surface area contributed by atoms with Crippen LogP contribution in [0.15, 0.2) is 72.1 Å². The van der Waals surface area contributed by atoms with Crippen LogP contribution in [0.3, 0.4) is 0 Å². The predicted molar refractivity (Wildman–Crippen MR) is 167 cm³/mol. The van der Waals surface area contributed by atoms with Crippen molar-refractivity contribution in [1.29, 1.82) is 5.26 Å². The van der Waals surface area contributed by atoms with Crippen molar-refractivity contribution in [2.75, 3.05) is 20.3 Å². The van der Waals surface area contributed by atoms with E-state index < -0.39 is 0 Å². The van der Waals surface area contributed by atoms with Gasteiger partial charge in [-0.2, -0.15) is 5.26 Å². The lowest BCUT2D eigenvalue weighted by Gasteiger charge is -2.22. The number of hydrogen-bond donors (Lipinski definition) is 1. The molecule has 6 rings (SSSR count). The van der Waals surface area contributed by atoms with Gasteiger partial charge in [-0.3, -0.25) is 0 Å². The summed E-state index contributed by atoms with van der Waals surface area (Å²) in [6.45, 7) is 4.90. The Morgan fingerprint density at radius 1 is 0.800 bits per heavy atom. The lowest BCUT2D eigenvalue weighted by atomic mass is 9.94. The molecule has 2 N–H and O–H groups in total. The molecule has 236 valence electrons. The van der Waals surface area contributed by atoms with Crippen LogP contribution in [0.2, 0.25) is 0 Å². The molecule has 0 aromatic heterocycles. The first kappa shape index (κ1) is 33.3. The average Bonchev–Trinajstić information content (AvgIpc) is 3.22. The standard InChI is InChI=1S/C18H18F2O2.C17H13F2NO.CH5N/c1-11(2)22-17-10-13(19)5-6-15(17)16-9-14(20)8-12-4-3-7-21-18(12)16;18-13-4-1-5-15(12(8-13)10-20)16-9-14(19)7-11-3-2-6-21-17(11)16;1-2/h5-6,8-11H,3-4,7H2,1-2H3;1,5,7-9H,2-4,6H2;2H2,1H3. The average molecular weight is 621 g/mol. The smallest absolute Gasteiger partial charge is 0.130 e. The second kappa shape index (κ2) is 15.4. The van der Waals surface area contributed by atoms with E-state index >= 15 is 0 Å². The minimum atomic E-state index is -0.385. The Balaban J connectivity index is 0.000000194. The van der Waals surface area contributed by atoms with Gasteiger partial charge in [-0.15, -0.1) is 0 Å². The van der Waals surface area contributed by atoms with E-state index in [9.17, 15) is 22.8 Å². The van der Waals surface area contributed by atoms with Crippen molar-refractivity contribution in [2.45, 2.75) is 52.1 Å². The summed E-state index contributed by atoms with van der Waals surface area (Å²) in [5.74, 6) is 0.213. The van der Waals surface area contributed by atoms with Gasteiger partial charge >= 0.3 is 0 Å². The van der Waals surface area contributed by atoms with Crippen LogP contribution in [0.5, 0.6) is 17.2 Å². The number of rotatable bonds is 4. The lowest BCUT2D eigenvalue weighted by Crippen LogP contribution is -2.11. The van der Waals surface area contributed by atoms with Gasteiger partial charge in [0.25, 0.3) is 0 Å². The molecule has 2 aliphatic heterocycles. The molecule has 0 saturated heterocycles. The third-order valence-electron chi connectivity index (χ3n) is 7.13. The monoisotopic (exact) mass is 620 g/mol. The highest BCUT2D eigenvalue weighted by molar-refractivity contribution is 5.85. The normalized spacial score (nSPS) is 15.0. The quantitative estimate of drug-likeness (QED) is 0.296. The van der Waals surface area contributed by atoms with E-state index in [-0.39, 0.29) is 41.4 Å². The molecule has 3 aromatic rings. The van der Waals surface area contributed by atoms with E-state index in [2.05, 4.69) is 5.73 Å². The molecule has 45 heavy (non-hydrogen) atoms. The zero-order valence-electron chi connectivity index (χ0n) is 25.6. The first-order chi connectivity index (χ1) is 21.7. The van der Waals surface area contributed by atoms with Gasteiger partial charge in [0.1, 0.15) is 40.5 Å². The largest absolute Gasteiger partial charge is 0.493 e. The van der Waals surface area contributed by atoms with Crippen molar-refractivity contribution in [3.8, 4) is 34.4 Å². The summed E-state index contributed by atoms with van der Waals surface area (Å²) in [6, 6.07) is 12.0. The van der Waals surface area contributed by atoms with Gasteiger partial charge in [0.15, 0.2) is 0 Å². The molecule has 3 aliphatic rings. The van der Waals surface area contributed by atoms with Gasteiger partial charge in [0.05, 0.1) is 31.0 Å². The van der Waals surface area contributed by atoms with Crippen molar-refractivity contribution in [2.24, 2.45) is 5.73 Å². The van der Waals surface area contributed by atoms with Gasteiger partial charge in [-0.1, -0.05) is 12.2 Å². The molecule has 0 saturated carbocycles.